The van der Waals surface area contributed by atoms with Crippen molar-refractivity contribution in [2.75, 3.05) is 6.61 Å². The highest BCUT2D eigenvalue weighted by Gasteiger charge is 2.63. The Balaban J connectivity index is 1.67. The second-order valence-corrected chi connectivity index (χ2v) is 9.67. The minimum atomic E-state index is -0.406. The summed E-state index contributed by atoms with van der Waals surface area (Å²) in [5.41, 5.74) is -0.305. The number of Topliss-reactive ketones (excluding diaryl/α,β-unsaturated/α-hetero) is 3. The molecule has 7 atom stereocenters. The van der Waals surface area contributed by atoms with E-state index in [-0.39, 0.29) is 28.4 Å². The number of ketones is 3. The van der Waals surface area contributed by atoms with Crippen molar-refractivity contribution in [2.45, 2.75) is 65.2 Å². The van der Waals surface area contributed by atoms with Gasteiger partial charge in [-0.2, -0.15) is 0 Å². The monoisotopic (exact) mass is 346 g/mol. The summed E-state index contributed by atoms with van der Waals surface area (Å²) in [5, 5.41) is 9.35. The maximum absolute atomic E-state index is 13.3. The molecule has 25 heavy (non-hydrogen) atoms. The van der Waals surface area contributed by atoms with Gasteiger partial charge in [0.25, 0.3) is 0 Å². The van der Waals surface area contributed by atoms with Crippen molar-refractivity contribution in [3.8, 4) is 0 Å². The Kier molecular flexibility index (Phi) is 3.99. The minimum Gasteiger partial charge on any atom is -0.389 e. The molecular formula is C21H30O4. The van der Waals surface area contributed by atoms with E-state index in [0.29, 0.717) is 48.6 Å². The molecule has 0 bridgehead atoms. The molecule has 138 valence electrons. The van der Waals surface area contributed by atoms with Gasteiger partial charge in [-0.05, 0) is 60.7 Å². The molecule has 4 aliphatic rings. The molecule has 0 aliphatic heterocycles. The van der Waals surface area contributed by atoms with Crippen LogP contribution in [0.3, 0.4) is 0 Å². The molecule has 0 spiro atoms. The number of carbonyl (C=O) groups is 3. The SMILES string of the molecule is C[C@]12CCC(=O)C[C@H]1CC[C@H]1[C@H]2C(=O)C[C@]2(C)[C@@H](C(=O)CO)CC[C@@H]12. The average Bonchev–Trinajstić information content (AvgIpc) is 2.91. The van der Waals surface area contributed by atoms with Gasteiger partial charge in [0, 0.05) is 31.1 Å². The molecule has 0 amide bonds. The van der Waals surface area contributed by atoms with Crippen molar-refractivity contribution in [1.29, 1.82) is 0 Å². The van der Waals surface area contributed by atoms with Gasteiger partial charge in [0.15, 0.2) is 5.78 Å². The van der Waals surface area contributed by atoms with Crippen LogP contribution in [-0.4, -0.2) is 29.1 Å². The number of hydrogen-bond donors (Lipinski definition) is 1. The molecule has 0 aromatic heterocycles. The topological polar surface area (TPSA) is 71.4 Å². The summed E-state index contributed by atoms with van der Waals surface area (Å²) in [4.78, 5) is 37.5. The summed E-state index contributed by atoms with van der Waals surface area (Å²) < 4.78 is 0. The van der Waals surface area contributed by atoms with E-state index in [1.807, 2.05) is 0 Å². The van der Waals surface area contributed by atoms with Crippen molar-refractivity contribution >= 4 is 17.3 Å². The Morgan fingerprint density at radius 2 is 1.88 bits per heavy atom. The largest absolute Gasteiger partial charge is 0.389 e. The molecule has 4 aliphatic carbocycles. The molecule has 4 fully saturated rings. The molecule has 0 aromatic carbocycles. The van der Waals surface area contributed by atoms with E-state index in [0.717, 1.165) is 32.1 Å². The molecule has 0 saturated heterocycles. The van der Waals surface area contributed by atoms with Gasteiger partial charge in [0.1, 0.15) is 18.2 Å². The van der Waals surface area contributed by atoms with Gasteiger partial charge in [-0.1, -0.05) is 13.8 Å². The van der Waals surface area contributed by atoms with Gasteiger partial charge in [0.05, 0.1) is 0 Å². The van der Waals surface area contributed by atoms with Crippen molar-refractivity contribution in [2.24, 2.45) is 40.4 Å². The summed E-state index contributed by atoms with van der Waals surface area (Å²) >= 11 is 0. The predicted molar refractivity (Wildman–Crippen MR) is 92.7 cm³/mol. The van der Waals surface area contributed by atoms with Crippen LogP contribution < -0.4 is 0 Å². The Bertz CT molecular complexity index is 625. The zero-order valence-electron chi connectivity index (χ0n) is 15.4. The van der Waals surface area contributed by atoms with Gasteiger partial charge in [-0.15, -0.1) is 0 Å². The minimum absolute atomic E-state index is 0.0334. The Labute approximate surface area is 149 Å². The second kappa shape index (κ2) is 5.73. The third kappa shape index (κ3) is 2.32. The summed E-state index contributed by atoms with van der Waals surface area (Å²) in [6.07, 6.45) is 6.48. The lowest BCUT2D eigenvalue weighted by molar-refractivity contribution is -0.161. The maximum Gasteiger partial charge on any atom is 0.161 e. The van der Waals surface area contributed by atoms with Crippen LogP contribution in [0.25, 0.3) is 0 Å². The zero-order chi connectivity index (χ0) is 18.0. The van der Waals surface area contributed by atoms with Gasteiger partial charge in [0.2, 0.25) is 0 Å². The molecule has 4 saturated carbocycles. The lowest BCUT2D eigenvalue weighted by Gasteiger charge is -2.59. The average molecular weight is 346 g/mol. The number of hydrogen-bond acceptors (Lipinski definition) is 4. The second-order valence-electron chi connectivity index (χ2n) is 9.67. The third-order valence-electron chi connectivity index (χ3n) is 8.71. The number of fused-ring (bicyclic) bond motifs is 5. The fraction of sp³-hybridized carbons (Fsp3) is 0.857. The highest BCUT2D eigenvalue weighted by molar-refractivity contribution is 5.88. The van der Waals surface area contributed by atoms with Gasteiger partial charge in [-0.3, -0.25) is 14.4 Å². The van der Waals surface area contributed by atoms with Crippen LogP contribution >= 0.6 is 0 Å². The Hall–Kier alpha value is -1.03. The third-order valence-corrected chi connectivity index (χ3v) is 8.71. The fourth-order valence-electron chi connectivity index (χ4n) is 7.50. The maximum atomic E-state index is 13.3. The lowest BCUT2D eigenvalue weighted by Crippen LogP contribution is -2.57. The highest BCUT2D eigenvalue weighted by atomic mass is 16.3. The van der Waals surface area contributed by atoms with Gasteiger partial charge in [-0.25, -0.2) is 0 Å². The van der Waals surface area contributed by atoms with Crippen molar-refractivity contribution in [1.82, 2.24) is 0 Å². The highest BCUT2D eigenvalue weighted by Crippen LogP contribution is 2.66. The standard InChI is InChI=1S/C21H30O4/c1-20-8-7-13(23)9-12(20)3-4-14-15-5-6-16(18(25)11-22)21(15,2)10-17(24)19(14)20/h12,14-16,19,22H,3-11H2,1-2H3/t12-,14-,15+,16-,19+,20+,21+/m1/s1. The van der Waals surface area contributed by atoms with Crippen LogP contribution in [0, 0.1) is 40.4 Å². The quantitative estimate of drug-likeness (QED) is 0.834. The molecule has 4 nitrogen and oxygen atoms in total. The van der Waals surface area contributed by atoms with Crippen LogP contribution in [0.4, 0.5) is 0 Å². The first-order valence-corrected chi connectivity index (χ1v) is 9.99. The predicted octanol–water partition coefficient (Wildman–Crippen LogP) is 2.95. The van der Waals surface area contributed by atoms with E-state index < -0.39 is 6.61 Å². The summed E-state index contributed by atoms with van der Waals surface area (Å²) in [6, 6.07) is 0. The van der Waals surface area contributed by atoms with Crippen molar-refractivity contribution in [3.63, 3.8) is 0 Å². The Morgan fingerprint density at radius 3 is 2.60 bits per heavy atom. The molecule has 4 rings (SSSR count). The number of rotatable bonds is 2. The Morgan fingerprint density at radius 1 is 1.12 bits per heavy atom. The number of aliphatic hydroxyl groups is 1. The first-order valence-electron chi connectivity index (χ1n) is 9.99. The molecule has 0 radical (unpaired) electrons. The van der Waals surface area contributed by atoms with Crippen molar-refractivity contribution in [3.05, 3.63) is 0 Å². The van der Waals surface area contributed by atoms with E-state index in [1.165, 1.54) is 0 Å². The lowest BCUT2D eigenvalue weighted by atomic mass is 9.44. The van der Waals surface area contributed by atoms with E-state index in [2.05, 4.69) is 13.8 Å². The van der Waals surface area contributed by atoms with Crippen LogP contribution in [0.15, 0.2) is 0 Å². The van der Waals surface area contributed by atoms with Crippen LogP contribution in [-0.2, 0) is 14.4 Å². The molecule has 1 N–H and O–H groups in total. The van der Waals surface area contributed by atoms with E-state index in [1.54, 1.807) is 0 Å². The molecule has 0 unspecified atom stereocenters. The molecule has 4 heteroatoms. The molecule has 0 heterocycles. The van der Waals surface area contributed by atoms with E-state index in [4.69, 9.17) is 0 Å². The van der Waals surface area contributed by atoms with Crippen LogP contribution in [0.1, 0.15) is 65.2 Å². The van der Waals surface area contributed by atoms with Crippen molar-refractivity contribution < 1.29 is 19.5 Å². The van der Waals surface area contributed by atoms with Crippen LogP contribution in [0.5, 0.6) is 0 Å². The summed E-state index contributed by atoms with van der Waals surface area (Å²) in [5.74, 6) is 1.64. The first kappa shape index (κ1) is 17.4. The van der Waals surface area contributed by atoms with Gasteiger partial charge < -0.3 is 5.11 Å². The number of carbonyl (C=O) groups excluding carboxylic acids is 3. The summed E-state index contributed by atoms with van der Waals surface area (Å²) in [7, 11) is 0. The van der Waals surface area contributed by atoms with Gasteiger partial charge >= 0.3 is 0 Å². The number of aliphatic hydroxyl groups excluding tert-OH is 1. The smallest absolute Gasteiger partial charge is 0.161 e. The zero-order valence-corrected chi connectivity index (χ0v) is 15.4. The normalized spacial score (nSPS) is 49.3. The summed E-state index contributed by atoms with van der Waals surface area (Å²) in [6.45, 7) is 3.97. The van der Waals surface area contributed by atoms with E-state index in [9.17, 15) is 19.5 Å². The fourth-order valence-corrected chi connectivity index (χ4v) is 7.50. The first-order chi connectivity index (χ1) is 11.8. The van der Waals surface area contributed by atoms with E-state index >= 15 is 0 Å². The molecular weight excluding hydrogens is 316 g/mol. The van der Waals surface area contributed by atoms with Crippen LogP contribution in [0.2, 0.25) is 0 Å². The molecule has 0 aromatic rings.